The number of carbonyl (C=O) groups excluding carboxylic acids is 1. The molecular weight excluding hydrogens is 304 g/mol. The normalized spacial score (nSPS) is 20.9. The Hall–Kier alpha value is -2.55. The van der Waals surface area contributed by atoms with Gasteiger partial charge in [0.05, 0.1) is 11.6 Å². The molecule has 3 rings (SSSR count). The number of Topliss-reactive ketones (excluding diaryl/α,β-unsaturated/α-hetero) is 1. The zero-order valence-electron chi connectivity index (χ0n) is 14.1. The molecule has 0 saturated heterocycles. The van der Waals surface area contributed by atoms with E-state index in [-0.39, 0.29) is 17.2 Å². The molecule has 1 aromatic rings. The number of ether oxygens (including phenoxy) is 1. The van der Waals surface area contributed by atoms with Crippen molar-refractivity contribution in [2.24, 2.45) is 11.7 Å². The Bertz CT molecular complexity index is 764. The number of allylic oxidation sites excluding steroid dienone is 3. The van der Waals surface area contributed by atoms with Crippen LogP contribution < -0.4 is 5.73 Å². The predicted octanol–water partition coefficient (Wildman–Crippen LogP) is 2.74. The molecule has 24 heavy (non-hydrogen) atoms. The molecule has 0 radical (unpaired) electrons. The van der Waals surface area contributed by atoms with Gasteiger partial charge in [-0.3, -0.25) is 9.48 Å². The number of rotatable bonds is 4. The zero-order valence-corrected chi connectivity index (χ0v) is 14.1. The lowest BCUT2D eigenvalue weighted by Gasteiger charge is -2.29. The molecule has 0 saturated carbocycles. The number of hydrogen-bond donors (Lipinski definition) is 1. The summed E-state index contributed by atoms with van der Waals surface area (Å²) in [7, 11) is 0. The Balaban J connectivity index is 1.98. The van der Waals surface area contributed by atoms with E-state index >= 15 is 0 Å². The SMILES string of the molecule is CC(C)CCn1ccc([C@@H]2C(C#N)=C(N)OC3=C2C(=O)CCC3)n1. The highest BCUT2D eigenvalue weighted by atomic mass is 16.5. The van der Waals surface area contributed by atoms with Crippen molar-refractivity contribution in [3.63, 3.8) is 0 Å². The highest BCUT2D eigenvalue weighted by molar-refractivity contribution is 5.99. The summed E-state index contributed by atoms with van der Waals surface area (Å²) in [5.74, 6) is 0.794. The summed E-state index contributed by atoms with van der Waals surface area (Å²) in [5.41, 5.74) is 7.45. The minimum atomic E-state index is -0.508. The van der Waals surface area contributed by atoms with Crippen LogP contribution in [0.15, 0.2) is 35.1 Å². The van der Waals surface area contributed by atoms with Crippen molar-refractivity contribution in [2.45, 2.75) is 52.0 Å². The summed E-state index contributed by atoms with van der Waals surface area (Å²) in [4.78, 5) is 12.5. The molecule has 6 heteroatoms. The van der Waals surface area contributed by atoms with Crippen LogP contribution in [0.3, 0.4) is 0 Å². The van der Waals surface area contributed by atoms with Gasteiger partial charge in [-0.25, -0.2) is 0 Å². The van der Waals surface area contributed by atoms with E-state index in [1.807, 2.05) is 16.9 Å². The molecule has 2 N–H and O–H groups in total. The second-order valence-corrected chi connectivity index (χ2v) is 6.72. The van der Waals surface area contributed by atoms with Gasteiger partial charge in [0.15, 0.2) is 5.78 Å². The highest BCUT2D eigenvalue weighted by Crippen LogP contribution is 2.42. The van der Waals surface area contributed by atoms with Gasteiger partial charge in [0, 0.05) is 31.2 Å². The first-order valence-electron chi connectivity index (χ1n) is 8.38. The molecule has 126 valence electrons. The molecule has 0 unspecified atom stereocenters. The lowest BCUT2D eigenvalue weighted by atomic mass is 9.80. The van der Waals surface area contributed by atoms with E-state index in [2.05, 4.69) is 25.0 Å². The number of hydrogen-bond acceptors (Lipinski definition) is 5. The molecule has 0 amide bonds. The predicted molar refractivity (Wildman–Crippen MR) is 88.2 cm³/mol. The molecule has 2 heterocycles. The smallest absolute Gasteiger partial charge is 0.205 e. The van der Waals surface area contributed by atoms with Gasteiger partial charge in [0.1, 0.15) is 17.4 Å². The van der Waals surface area contributed by atoms with Gasteiger partial charge in [-0.2, -0.15) is 10.4 Å². The minimum absolute atomic E-state index is 0.0261. The topological polar surface area (TPSA) is 93.9 Å². The average molecular weight is 326 g/mol. The lowest BCUT2D eigenvalue weighted by molar-refractivity contribution is -0.116. The molecular formula is C18H22N4O2. The molecule has 0 fully saturated rings. The monoisotopic (exact) mass is 326 g/mol. The van der Waals surface area contributed by atoms with Crippen LogP contribution in [-0.2, 0) is 16.1 Å². The van der Waals surface area contributed by atoms with Crippen LogP contribution in [0.2, 0.25) is 0 Å². The first-order chi connectivity index (χ1) is 11.5. The van der Waals surface area contributed by atoms with E-state index in [0.29, 0.717) is 35.8 Å². The van der Waals surface area contributed by atoms with Crippen molar-refractivity contribution in [1.29, 1.82) is 5.26 Å². The highest BCUT2D eigenvalue weighted by Gasteiger charge is 2.39. The van der Waals surface area contributed by atoms with Crippen molar-refractivity contribution in [3.8, 4) is 6.07 Å². The van der Waals surface area contributed by atoms with E-state index in [9.17, 15) is 10.1 Å². The van der Waals surface area contributed by atoms with Crippen LogP contribution in [0.5, 0.6) is 0 Å². The fraction of sp³-hybridized carbons (Fsp3) is 0.500. The van der Waals surface area contributed by atoms with Crippen molar-refractivity contribution >= 4 is 5.78 Å². The fourth-order valence-electron chi connectivity index (χ4n) is 3.20. The van der Waals surface area contributed by atoms with Gasteiger partial charge in [0.2, 0.25) is 5.88 Å². The fourth-order valence-corrected chi connectivity index (χ4v) is 3.20. The third kappa shape index (κ3) is 2.94. The van der Waals surface area contributed by atoms with Gasteiger partial charge in [-0.15, -0.1) is 0 Å². The summed E-state index contributed by atoms with van der Waals surface area (Å²) in [6.07, 6.45) is 4.82. The zero-order chi connectivity index (χ0) is 17.3. The van der Waals surface area contributed by atoms with E-state index in [0.717, 1.165) is 19.4 Å². The van der Waals surface area contributed by atoms with Gasteiger partial charge >= 0.3 is 0 Å². The summed E-state index contributed by atoms with van der Waals surface area (Å²) < 4.78 is 7.43. The standard InChI is InChI=1S/C18H22N4O2/c1-11(2)6-8-22-9-7-13(21-22)16-12(10-19)18(20)24-15-5-3-4-14(23)17(15)16/h7,9,11,16H,3-6,8,20H2,1-2H3/t16-/m0/s1. The van der Waals surface area contributed by atoms with Crippen LogP contribution in [0.4, 0.5) is 0 Å². The van der Waals surface area contributed by atoms with Crippen molar-refractivity contribution in [3.05, 3.63) is 40.7 Å². The Labute approximate surface area is 141 Å². The van der Waals surface area contributed by atoms with Gasteiger partial charge in [0.25, 0.3) is 0 Å². The number of aryl methyl sites for hydroxylation is 1. The van der Waals surface area contributed by atoms with Crippen LogP contribution in [0.1, 0.15) is 51.1 Å². The van der Waals surface area contributed by atoms with E-state index < -0.39 is 5.92 Å². The molecule has 1 aliphatic heterocycles. The van der Waals surface area contributed by atoms with Crippen LogP contribution >= 0.6 is 0 Å². The van der Waals surface area contributed by atoms with Gasteiger partial charge in [-0.1, -0.05) is 13.8 Å². The quantitative estimate of drug-likeness (QED) is 0.918. The third-order valence-electron chi connectivity index (χ3n) is 4.50. The molecule has 1 aliphatic carbocycles. The number of ketones is 1. The molecule has 0 bridgehead atoms. The first-order valence-corrected chi connectivity index (χ1v) is 8.38. The average Bonchev–Trinajstić information content (AvgIpc) is 3.00. The summed E-state index contributed by atoms with van der Waals surface area (Å²) in [6.45, 7) is 5.14. The van der Waals surface area contributed by atoms with E-state index in [1.54, 1.807) is 0 Å². The summed E-state index contributed by atoms with van der Waals surface area (Å²) in [5, 5.41) is 14.1. The largest absolute Gasteiger partial charge is 0.444 e. The number of carbonyl (C=O) groups is 1. The summed E-state index contributed by atoms with van der Waals surface area (Å²) in [6, 6.07) is 3.98. The first kappa shape index (κ1) is 16.3. The van der Waals surface area contributed by atoms with Crippen molar-refractivity contribution in [2.75, 3.05) is 0 Å². The minimum Gasteiger partial charge on any atom is -0.444 e. The Morgan fingerprint density at radius 1 is 1.50 bits per heavy atom. The number of aromatic nitrogens is 2. The lowest BCUT2D eigenvalue weighted by Crippen LogP contribution is -2.27. The van der Waals surface area contributed by atoms with Crippen LogP contribution in [-0.4, -0.2) is 15.6 Å². The maximum Gasteiger partial charge on any atom is 0.205 e. The van der Waals surface area contributed by atoms with Crippen LogP contribution in [0.25, 0.3) is 0 Å². The van der Waals surface area contributed by atoms with Gasteiger partial charge in [-0.05, 0) is 24.8 Å². The van der Waals surface area contributed by atoms with E-state index in [4.69, 9.17) is 10.5 Å². The Morgan fingerprint density at radius 3 is 3.00 bits per heavy atom. The molecule has 1 aromatic heterocycles. The van der Waals surface area contributed by atoms with Crippen LogP contribution in [0, 0.1) is 17.2 Å². The number of nitriles is 1. The molecule has 0 spiro atoms. The second kappa shape index (κ2) is 6.52. The molecule has 2 aliphatic rings. The van der Waals surface area contributed by atoms with Crippen molar-refractivity contribution < 1.29 is 9.53 Å². The Morgan fingerprint density at radius 2 is 2.29 bits per heavy atom. The maximum absolute atomic E-state index is 12.5. The van der Waals surface area contributed by atoms with Crippen molar-refractivity contribution in [1.82, 2.24) is 9.78 Å². The second-order valence-electron chi connectivity index (χ2n) is 6.72. The Kier molecular flexibility index (Phi) is 4.43. The third-order valence-corrected chi connectivity index (χ3v) is 4.50. The molecule has 1 atom stereocenters. The summed E-state index contributed by atoms with van der Waals surface area (Å²) >= 11 is 0. The number of nitrogens with two attached hydrogens (primary N) is 1. The van der Waals surface area contributed by atoms with E-state index in [1.165, 1.54) is 0 Å². The molecule has 6 nitrogen and oxygen atoms in total. The van der Waals surface area contributed by atoms with Gasteiger partial charge < -0.3 is 10.5 Å². The molecule has 0 aromatic carbocycles. The number of nitrogens with zero attached hydrogens (tertiary/aromatic N) is 3. The maximum atomic E-state index is 12.5.